The molecule has 0 bridgehead atoms. The van der Waals surface area contributed by atoms with Gasteiger partial charge in [0.25, 0.3) is 0 Å². The van der Waals surface area contributed by atoms with E-state index in [4.69, 9.17) is 21.1 Å². The number of alkyl halides is 1. The quantitative estimate of drug-likeness (QED) is 0.757. The van der Waals surface area contributed by atoms with Crippen molar-refractivity contribution in [2.24, 2.45) is 0 Å². The molecule has 0 spiro atoms. The summed E-state index contributed by atoms with van der Waals surface area (Å²) >= 11 is 6.37. The van der Waals surface area contributed by atoms with E-state index in [2.05, 4.69) is 0 Å². The maximum Gasteiger partial charge on any atom is 0.165 e. The van der Waals surface area contributed by atoms with E-state index in [-0.39, 0.29) is 6.42 Å². The van der Waals surface area contributed by atoms with Crippen LogP contribution in [-0.2, 0) is 6.42 Å². The van der Waals surface area contributed by atoms with Gasteiger partial charge in [-0.2, -0.15) is 0 Å². The van der Waals surface area contributed by atoms with E-state index < -0.39 is 17.0 Å². The number of para-hydroxylation sites is 1. The standard InChI is InChI=1S/C16H15ClF2O2/c1-20-15-5-3-4-12(16(15)21-2)13(17)8-10-6-7-11(18)9-14(10)19/h3-7,9,13H,8H2,1-2H3. The summed E-state index contributed by atoms with van der Waals surface area (Å²) in [6, 6.07) is 8.79. The van der Waals surface area contributed by atoms with Gasteiger partial charge in [-0.25, -0.2) is 8.78 Å². The monoisotopic (exact) mass is 312 g/mol. The Bertz CT molecular complexity index is 632. The molecule has 0 aliphatic heterocycles. The number of halogens is 3. The second-order valence-electron chi connectivity index (χ2n) is 4.49. The molecule has 2 rings (SSSR count). The van der Waals surface area contributed by atoms with Crippen LogP contribution in [0.25, 0.3) is 0 Å². The molecule has 2 nitrogen and oxygen atoms in total. The normalized spacial score (nSPS) is 12.0. The van der Waals surface area contributed by atoms with Gasteiger partial charge in [0.15, 0.2) is 11.5 Å². The van der Waals surface area contributed by atoms with Gasteiger partial charge in [0.2, 0.25) is 0 Å². The van der Waals surface area contributed by atoms with E-state index in [0.29, 0.717) is 22.6 Å². The summed E-state index contributed by atoms with van der Waals surface area (Å²) < 4.78 is 37.1. The number of methoxy groups -OCH3 is 2. The zero-order valence-electron chi connectivity index (χ0n) is 11.7. The molecule has 0 radical (unpaired) electrons. The Morgan fingerprint density at radius 3 is 2.48 bits per heavy atom. The molecule has 112 valence electrons. The first kappa shape index (κ1) is 15.6. The van der Waals surface area contributed by atoms with Crippen LogP contribution in [-0.4, -0.2) is 14.2 Å². The lowest BCUT2D eigenvalue weighted by Gasteiger charge is -2.16. The second-order valence-corrected chi connectivity index (χ2v) is 5.02. The van der Waals surface area contributed by atoms with Gasteiger partial charge < -0.3 is 9.47 Å². The molecule has 0 aromatic heterocycles. The summed E-state index contributed by atoms with van der Waals surface area (Å²) in [5, 5.41) is -0.519. The van der Waals surface area contributed by atoms with Crippen molar-refractivity contribution in [2.75, 3.05) is 14.2 Å². The van der Waals surface area contributed by atoms with Crippen molar-refractivity contribution in [2.45, 2.75) is 11.8 Å². The van der Waals surface area contributed by atoms with Gasteiger partial charge in [0.1, 0.15) is 11.6 Å². The number of hydrogen-bond acceptors (Lipinski definition) is 2. The molecule has 0 saturated carbocycles. The Hall–Kier alpha value is -1.81. The first-order valence-corrected chi connectivity index (χ1v) is 6.79. The first-order chi connectivity index (χ1) is 10.1. The van der Waals surface area contributed by atoms with Crippen molar-refractivity contribution in [3.05, 3.63) is 59.2 Å². The van der Waals surface area contributed by atoms with Crippen LogP contribution >= 0.6 is 11.6 Å². The fourth-order valence-electron chi connectivity index (χ4n) is 2.15. The number of benzene rings is 2. The molecule has 0 amide bonds. The first-order valence-electron chi connectivity index (χ1n) is 6.35. The van der Waals surface area contributed by atoms with E-state index in [1.54, 1.807) is 18.2 Å². The maximum atomic E-state index is 13.7. The molecule has 21 heavy (non-hydrogen) atoms. The number of hydrogen-bond donors (Lipinski definition) is 0. The minimum Gasteiger partial charge on any atom is -0.493 e. The van der Waals surface area contributed by atoms with Gasteiger partial charge in [-0.1, -0.05) is 18.2 Å². The molecule has 1 atom stereocenters. The van der Waals surface area contributed by atoms with Gasteiger partial charge in [-0.3, -0.25) is 0 Å². The average molecular weight is 313 g/mol. The van der Waals surface area contributed by atoms with Crippen molar-refractivity contribution < 1.29 is 18.3 Å². The Morgan fingerprint density at radius 1 is 1.10 bits per heavy atom. The third-order valence-electron chi connectivity index (χ3n) is 3.19. The Morgan fingerprint density at radius 2 is 1.86 bits per heavy atom. The lowest BCUT2D eigenvalue weighted by molar-refractivity contribution is 0.351. The van der Waals surface area contributed by atoms with Crippen LogP contribution in [0.4, 0.5) is 8.78 Å². The zero-order valence-corrected chi connectivity index (χ0v) is 12.5. The molecule has 0 saturated heterocycles. The van der Waals surface area contributed by atoms with Gasteiger partial charge in [0.05, 0.1) is 19.6 Å². The third-order valence-corrected chi connectivity index (χ3v) is 3.57. The summed E-state index contributed by atoms with van der Waals surface area (Å²) in [5.74, 6) is -0.147. The number of ether oxygens (including phenoxy) is 2. The fourth-order valence-corrected chi connectivity index (χ4v) is 2.49. The van der Waals surface area contributed by atoms with E-state index >= 15 is 0 Å². The molecule has 0 fully saturated rings. The average Bonchev–Trinajstić information content (AvgIpc) is 2.49. The maximum absolute atomic E-state index is 13.7. The SMILES string of the molecule is COc1cccc(C(Cl)Cc2ccc(F)cc2F)c1OC. The van der Waals surface area contributed by atoms with Crippen molar-refractivity contribution in [1.82, 2.24) is 0 Å². The topological polar surface area (TPSA) is 18.5 Å². The molecule has 5 heteroatoms. The van der Waals surface area contributed by atoms with Crippen LogP contribution in [0.15, 0.2) is 36.4 Å². The van der Waals surface area contributed by atoms with Crippen LogP contribution in [0.2, 0.25) is 0 Å². The van der Waals surface area contributed by atoms with Crippen molar-refractivity contribution >= 4 is 11.6 Å². The predicted molar refractivity (Wildman–Crippen MR) is 78.2 cm³/mol. The van der Waals surface area contributed by atoms with E-state index in [1.807, 2.05) is 0 Å². The molecule has 2 aromatic carbocycles. The molecule has 2 aromatic rings. The van der Waals surface area contributed by atoms with Crippen LogP contribution in [0.1, 0.15) is 16.5 Å². The van der Waals surface area contributed by atoms with E-state index in [9.17, 15) is 8.78 Å². The van der Waals surface area contributed by atoms with Crippen LogP contribution in [0.3, 0.4) is 0 Å². The highest BCUT2D eigenvalue weighted by atomic mass is 35.5. The summed E-state index contributed by atoms with van der Waals surface area (Å²) in [7, 11) is 3.05. The summed E-state index contributed by atoms with van der Waals surface area (Å²) in [4.78, 5) is 0. The van der Waals surface area contributed by atoms with Crippen LogP contribution in [0.5, 0.6) is 11.5 Å². The summed E-state index contributed by atoms with van der Waals surface area (Å²) in [5.41, 5.74) is 1.04. The van der Waals surface area contributed by atoms with Crippen LogP contribution in [0, 0.1) is 11.6 Å². The smallest absolute Gasteiger partial charge is 0.165 e. The van der Waals surface area contributed by atoms with Crippen LogP contribution < -0.4 is 9.47 Å². The molecule has 0 N–H and O–H groups in total. The summed E-state index contributed by atoms with van der Waals surface area (Å²) in [6.07, 6.45) is 0.219. The Balaban J connectivity index is 2.30. The molecular formula is C16H15ClF2O2. The second kappa shape index (κ2) is 6.76. The van der Waals surface area contributed by atoms with Gasteiger partial charge >= 0.3 is 0 Å². The highest BCUT2D eigenvalue weighted by Gasteiger charge is 2.19. The predicted octanol–water partition coefficient (Wildman–Crippen LogP) is 4.50. The molecule has 0 heterocycles. The van der Waals surface area contributed by atoms with Gasteiger partial charge in [0, 0.05) is 11.6 Å². The highest BCUT2D eigenvalue weighted by molar-refractivity contribution is 6.21. The Labute approximate surface area is 127 Å². The number of rotatable bonds is 5. The minimum absolute atomic E-state index is 0.219. The summed E-state index contributed by atoms with van der Waals surface area (Å²) in [6.45, 7) is 0. The Kier molecular flexibility index (Phi) is 5.02. The highest BCUT2D eigenvalue weighted by Crippen LogP contribution is 2.38. The van der Waals surface area contributed by atoms with Crippen molar-refractivity contribution in [3.63, 3.8) is 0 Å². The van der Waals surface area contributed by atoms with E-state index in [0.717, 1.165) is 6.07 Å². The minimum atomic E-state index is -0.610. The molecule has 1 unspecified atom stereocenters. The van der Waals surface area contributed by atoms with Gasteiger partial charge in [-0.15, -0.1) is 11.6 Å². The lowest BCUT2D eigenvalue weighted by Crippen LogP contribution is -2.02. The molecule has 0 aliphatic rings. The van der Waals surface area contributed by atoms with E-state index in [1.165, 1.54) is 26.4 Å². The largest absolute Gasteiger partial charge is 0.493 e. The van der Waals surface area contributed by atoms with Gasteiger partial charge in [-0.05, 0) is 24.1 Å². The molecule has 0 aliphatic carbocycles. The molecular weight excluding hydrogens is 298 g/mol. The van der Waals surface area contributed by atoms with Crippen molar-refractivity contribution in [3.8, 4) is 11.5 Å². The lowest BCUT2D eigenvalue weighted by atomic mass is 10.0. The third kappa shape index (κ3) is 3.45. The fraction of sp³-hybridized carbons (Fsp3) is 0.250. The van der Waals surface area contributed by atoms with Crippen molar-refractivity contribution in [1.29, 1.82) is 0 Å². The zero-order chi connectivity index (χ0) is 15.4.